The Morgan fingerprint density at radius 3 is 2.83 bits per heavy atom. The Morgan fingerprint density at radius 1 is 1.09 bits per heavy atom. The molecule has 0 saturated heterocycles. The Kier molecular flexibility index (Phi) is 3.19. The number of nitro benzene ring substituents is 1. The SMILES string of the molecule is O=[N+]([O-])c1cccc2nc(NC3CCc4ccccc43)ccc12. The Labute approximate surface area is 133 Å². The van der Waals surface area contributed by atoms with E-state index in [-0.39, 0.29) is 16.7 Å². The highest BCUT2D eigenvalue weighted by Gasteiger charge is 2.22. The molecule has 5 nitrogen and oxygen atoms in total. The maximum atomic E-state index is 11.1. The largest absolute Gasteiger partial charge is 0.363 e. The van der Waals surface area contributed by atoms with E-state index in [2.05, 4.69) is 34.6 Å². The highest BCUT2D eigenvalue weighted by Crippen LogP contribution is 2.34. The van der Waals surface area contributed by atoms with Crippen LogP contribution in [-0.2, 0) is 6.42 Å². The number of benzene rings is 2. The van der Waals surface area contributed by atoms with E-state index in [0.717, 1.165) is 18.7 Å². The van der Waals surface area contributed by atoms with Gasteiger partial charge in [-0.25, -0.2) is 4.98 Å². The van der Waals surface area contributed by atoms with Gasteiger partial charge in [-0.3, -0.25) is 10.1 Å². The Hall–Kier alpha value is -2.95. The lowest BCUT2D eigenvalue weighted by Gasteiger charge is -2.15. The van der Waals surface area contributed by atoms with Gasteiger partial charge in [0, 0.05) is 6.07 Å². The quantitative estimate of drug-likeness (QED) is 0.580. The number of nitrogens with one attached hydrogen (secondary N) is 1. The third-order valence-electron chi connectivity index (χ3n) is 4.36. The number of non-ortho nitro benzene ring substituents is 1. The predicted octanol–water partition coefficient (Wildman–Crippen LogP) is 4.24. The van der Waals surface area contributed by atoms with Crippen LogP contribution in [0.15, 0.2) is 54.6 Å². The fourth-order valence-electron chi connectivity index (χ4n) is 3.26. The van der Waals surface area contributed by atoms with Crippen LogP contribution in [0.3, 0.4) is 0 Å². The van der Waals surface area contributed by atoms with Crippen LogP contribution in [0.25, 0.3) is 10.9 Å². The molecule has 0 aliphatic heterocycles. The van der Waals surface area contributed by atoms with Gasteiger partial charge in [0.2, 0.25) is 0 Å². The molecule has 0 bridgehead atoms. The third kappa shape index (κ3) is 2.40. The van der Waals surface area contributed by atoms with Crippen LogP contribution in [0.4, 0.5) is 11.5 Å². The molecule has 0 radical (unpaired) electrons. The molecule has 3 aromatic rings. The Morgan fingerprint density at radius 2 is 1.96 bits per heavy atom. The van der Waals surface area contributed by atoms with E-state index in [1.165, 1.54) is 17.2 Å². The van der Waals surface area contributed by atoms with E-state index in [1.807, 2.05) is 6.07 Å². The maximum absolute atomic E-state index is 11.1. The first-order chi connectivity index (χ1) is 11.2. The molecule has 1 N–H and O–H groups in total. The maximum Gasteiger partial charge on any atom is 0.278 e. The summed E-state index contributed by atoms with van der Waals surface area (Å²) in [5, 5.41) is 15.1. The molecule has 1 heterocycles. The normalized spacial score (nSPS) is 16.3. The molecule has 5 heteroatoms. The van der Waals surface area contributed by atoms with E-state index in [4.69, 9.17) is 0 Å². The van der Waals surface area contributed by atoms with E-state index < -0.39 is 0 Å². The van der Waals surface area contributed by atoms with Gasteiger partial charge in [-0.05, 0) is 42.2 Å². The number of aromatic nitrogens is 1. The fraction of sp³-hybridized carbons (Fsp3) is 0.167. The number of nitrogens with zero attached hydrogens (tertiary/aromatic N) is 2. The van der Waals surface area contributed by atoms with Crippen molar-refractivity contribution >= 4 is 22.4 Å². The Bertz CT molecular complexity index is 908. The topological polar surface area (TPSA) is 68.1 Å². The molecule has 0 amide bonds. The van der Waals surface area contributed by atoms with Crippen molar-refractivity contribution < 1.29 is 4.92 Å². The molecule has 1 aliphatic rings. The smallest absolute Gasteiger partial charge is 0.278 e. The van der Waals surface area contributed by atoms with Crippen molar-refractivity contribution in [1.82, 2.24) is 4.98 Å². The molecular formula is C18H15N3O2. The van der Waals surface area contributed by atoms with Crippen LogP contribution >= 0.6 is 0 Å². The molecule has 1 aromatic heterocycles. The summed E-state index contributed by atoms with van der Waals surface area (Å²) in [4.78, 5) is 15.2. The van der Waals surface area contributed by atoms with Crippen LogP contribution < -0.4 is 5.32 Å². The van der Waals surface area contributed by atoms with Crippen LogP contribution in [0.1, 0.15) is 23.6 Å². The minimum Gasteiger partial charge on any atom is -0.363 e. The molecule has 1 atom stereocenters. The number of fused-ring (bicyclic) bond motifs is 2. The van der Waals surface area contributed by atoms with Crippen molar-refractivity contribution in [3.05, 3.63) is 75.8 Å². The molecule has 4 rings (SSSR count). The van der Waals surface area contributed by atoms with Crippen molar-refractivity contribution in [3.8, 4) is 0 Å². The molecule has 0 spiro atoms. The summed E-state index contributed by atoms with van der Waals surface area (Å²) in [6.45, 7) is 0. The zero-order valence-corrected chi connectivity index (χ0v) is 12.4. The average molecular weight is 305 g/mol. The summed E-state index contributed by atoms with van der Waals surface area (Å²) in [6, 6.07) is 17.2. The summed E-state index contributed by atoms with van der Waals surface area (Å²) in [7, 11) is 0. The van der Waals surface area contributed by atoms with Crippen molar-refractivity contribution in [1.29, 1.82) is 0 Å². The zero-order valence-electron chi connectivity index (χ0n) is 12.4. The number of pyridine rings is 1. The first kappa shape index (κ1) is 13.7. The second-order valence-electron chi connectivity index (χ2n) is 5.73. The zero-order chi connectivity index (χ0) is 15.8. The van der Waals surface area contributed by atoms with Crippen LogP contribution in [0.2, 0.25) is 0 Å². The van der Waals surface area contributed by atoms with Gasteiger partial charge in [-0.2, -0.15) is 0 Å². The van der Waals surface area contributed by atoms with Crippen molar-refractivity contribution in [2.24, 2.45) is 0 Å². The molecule has 23 heavy (non-hydrogen) atoms. The van der Waals surface area contributed by atoms with Gasteiger partial charge in [0.1, 0.15) is 5.82 Å². The summed E-state index contributed by atoms with van der Waals surface area (Å²) < 4.78 is 0. The molecular weight excluding hydrogens is 290 g/mol. The standard InChI is InChI=1S/C18H15N3O2/c22-21(23)17-7-3-6-15-14(17)9-11-18(19-15)20-16-10-8-12-4-1-2-5-13(12)16/h1-7,9,11,16H,8,10H2,(H,19,20). The first-order valence-electron chi connectivity index (χ1n) is 7.61. The first-order valence-corrected chi connectivity index (χ1v) is 7.61. The second-order valence-corrected chi connectivity index (χ2v) is 5.73. The number of aryl methyl sites for hydroxylation is 1. The monoisotopic (exact) mass is 305 g/mol. The van der Waals surface area contributed by atoms with Gasteiger partial charge >= 0.3 is 0 Å². The van der Waals surface area contributed by atoms with Gasteiger partial charge in [0.25, 0.3) is 5.69 Å². The molecule has 2 aromatic carbocycles. The highest BCUT2D eigenvalue weighted by atomic mass is 16.6. The van der Waals surface area contributed by atoms with E-state index >= 15 is 0 Å². The average Bonchev–Trinajstić information content (AvgIpc) is 2.97. The number of nitro groups is 1. The minimum atomic E-state index is -0.371. The summed E-state index contributed by atoms with van der Waals surface area (Å²) in [5.41, 5.74) is 3.41. The van der Waals surface area contributed by atoms with E-state index in [1.54, 1.807) is 18.2 Å². The van der Waals surface area contributed by atoms with Crippen LogP contribution in [0.5, 0.6) is 0 Å². The van der Waals surface area contributed by atoms with Gasteiger partial charge in [0.15, 0.2) is 0 Å². The highest BCUT2D eigenvalue weighted by molar-refractivity contribution is 5.88. The van der Waals surface area contributed by atoms with Crippen LogP contribution in [0, 0.1) is 10.1 Å². The summed E-state index contributed by atoms with van der Waals surface area (Å²) in [5.74, 6) is 0.750. The molecule has 0 fully saturated rings. The molecule has 1 unspecified atom stereocenters. The lowest BCUT2D eigenvalue weighted by molar-refractivity contribution is -0.383. The minimum absolute atomic E-state index is 0.0905. The van der Waals surface area contributed by atoms with Gasteiger partial charge < -0.3 is 5.32 Å². The lowest BCUT2D eigenvalue weighted by Crippen LogP contribution is -2.08. The number of hydrogen-bond acceptors (Lipinski definition) is 4. The number of anilines is 1. The van der Waals surface area contributed by atoms with E-state index in [0.29, 0.717) is 10.9 Å². The van der Waals surface area contributed by atoms with Gasteiger partial charge in [-0.15, -0.1) is 0 Å². The van der Waals surface area contributed by atoms with Crippen molar-refractivity contribution in [2.45, 2.75) is 18.9 Å². The number of hydrogen-bond donors (Lipinski definition) is 1. The van der Waals surface area contributed by atoms with Crippen molar-refractivity contribution in [2.75, 3.05) is 5.32 Å². The summed E-state index contributed by atoms with van der Waals surface area (Å²) in [6.07, 6.45) is 2.10. The predicted molar refractivity (Wildman–Crippen MR) is 89.5 cm³/mol. The Balaban J connectivity index is 1.67. The van der Waals surface area contributed by atoms with Gasteiger partial charge in [0.05, 0.1) is 21.9 Å². The lowest BCUT2D eigenvalue weighted by atomic mass is 10.1. The van der Waals surface area contributed by atoms with E-state index in [9.17, 15) is 10.1 Å². The fourth-order valence-corrected chi connectivity index (χ4v) is 3.26. The van der Waals surface area contributed by atoms with Crippen molar-refractivity contribution in [3.63, 3.8) is 0 Å². The third-order valence-corrected chi connectivity index (χ3v) is 4.36. The molecule has 114 valence electrons. The second kappa shape index (κ2) is 5.35. The molecule has 0 saturated carbocycles. The number of rotatable bonds is 3. The molecule has 1 aliphatic carbocycles. The van der Waals surface area contributed by atoms with Crippen LogP contribution in [-0.4, -0.2) is 9.91 Å². The summed E-state index contributed by atoms with van der Waals surface area (Å²) >= 11 is 0. The van der Waals surface area contributed by atoms with Gasteiger partial charge in [-0.1, -0.05) is 30.3 Å².